The highest BCUT2D eigenvalue weighted by molar-refractivity contribution is 7.89. The maximum atomic E-state index is 13.5. The van der Waals surface area contributed by atoms with E-state index in [0.717, 1.165) is 18.9 Å². The number of hydrogen-bond donors (Lipinski definition) is 2. The zero-order valence-corrected chi connectivity index (χ0v) is 12.6. The van der Waals surface area contributed by atoms with Crippen LogP contribution in [0.4, 0.5) is 10.1 Å². The second kappa shape index (κ2) is 5.23. The molecule has 1 aliphatic carbocycles. The third kappa shape index (κ3) is 2.90. The van der Waals surface area contributed by atoms with E-state index in [0.29, 0.717) is 18.9 Å². The van der Waals surface area contributed by atoms with Gasteiger partial charge in [0.1, 0.15) is 5.82 Å². The van der Waals surface area contributed by atoms with Crippen LogP contribution in [0.15, 0.2) is 17.0 Å². The van der Waals surface area contributed by atoms with Crippen LogP contribution in [0.1, 0.15) is 24.8 Å². The van der Waals surface area contributed by atoms with Gasteiger partial charge in [0, 0.05) is 6.61 Å². The summed E-state index contributed by atoms with van der Waals surface area (Å²) in [6.45, 7) is 2.06. The summed E-state index contributed by atoms with van der Waals surface area (Å²) >= 11 is 0. The minimum atomic E-state index is -3.72. The molecule has 2 unspecified atom stereocenters. The van der Waals surface area contributed by atoms with Crippen LogP contribution in [0.5, 0.6) is 0 Å². The number of halogens is 1. The van der Waals surface area contributed by atoms with E-state index < -0.39 is 15.8 Å². The van der Waals surface area contributed by atoms with Crippen molar-refractivity contribution < 1.29 is 17.5 Å². The molecule has 1 aromatic carbocycles. The highest BCUT2D eigenvalue weighted by Crippen LogP contribution is 2.39. The first-order chi connectivity index (χ1) is 9.88. The molecule has 0 bridgehead atoms. The van der Waals surface area contributed by atoms with E-state index in [9.17, 15) is 12.8 Å². The Balaban J connectivity index is 1.83. The van der Waals surface area contributed by atoms with Crippen molar-refractivity contribution >= 4 is 15.7 Å². The summed E-state index contributed by atoms with van der Waals surface area (Å²) < 4.78 is 46.7. The first-order valence-corrected chi connectivity index (χ1v) is 8.56. The SMILES string of the molecule is Cc1cc(S(=O)(=O)NC2CCOC2C2CC2)cc(N)c1F. The third-order valence-electron chi connectivity index (χ3n) is 4.10. The van der Waals surface area contributed by atoms with Crippen LogP contribution in [0, 0.1) is 18.7 Å². The number of anilines is 1. The zero-order valence-electron chi connectivity index (χ0n) is 11.8. The van der Waals surface area contributed by atoms with E-state index in [1.807, 2.05) is 0 Å². The molecule has 0 aromatic heterocycles. The highest BCUT2D eigenvalue weighted by Gasteiger charge is 2.42. The van der Waals surface area contributed by atoms with Crippen LogP contribution >= 0.6 is 0 Å². The molecule has 1 saturated heterocycles. The average Bonchev–Trinajstić information content (AvgIpc) is 3.16. The van der Waals surface area contributed by atoms with Gasteiger partial charge in [0.25, 0.3) is 0 Å². The van der Waals surface area contributed by atoms with Gasteiger partial charge in [-0.05, 0) is 49.8 Å². The molecule has 116 valence electrons. The highest BCUT2D eigenvalue weighted by atomic mass is 32.2. The molecule has 2 atom stereocenters. The largest absolute Gasteiger partial charge is 0.396 e. The summed E-state index contributed by atoms with van der Waals surface area (Å²) in [7, 11) is -3.72. The van der Waals surface area contributed by atoms with Crippen molar-refractivity contribution in [2.24, 2.45) is 5.92 Å². The Kier molecular flexibility index (Phi) is 3.67. The van der Waals surface area contributed by atoms with E-state index in [2.05, 4.69) is 4.72 Å². The summed E-state index contributed by atoms with van der Waals surface area (Å²) in [5.41, 5.74) is 5.58. The molecule has 7 heteroatoms. The van der Waals surface area contributed by atoms with Crippen LogP contribution < -0.4 is 10.5 Å². The Hall–Kier alpha value is -1.18. The molecule has 0 amide bonds. The Labute approximate surface area is 123 Å². The van der Waals surface area contributed by atoms with Gasteiger partial charge < -0.3 is 10.5 Å². The van der Waals surface area contributed by atoms with Gasteiger partial charge >= 0.3 is 0 Å². The van der Waals surface area contributed by atoms with E-state index in [1.54, 1.807) is 0 Å². The molecule has 21 heavy (non-hydrogen) atoms. The van der Waals surface area contributed by atoms with Gasteiger partial charge in [0.15, 0.2) is 0 Å². The Morgan fingerprint density at radius 2 is 2.05 bits per heavy atom. The maximum Gasteiger partial charge on any atom is 0.240 e. The lowest BCUT2D eigenvalue weighted by atomic mass is 10.1. The first kappa shape index (κ1) is 14.7. The lowest BCUT2D eigenvalue weighted by Gasteiger charge is -2.19. The monoisotopic (exact) mass is 314 g/mol. The second-order valence-electron chi connectivity index (χ2n) is 5.83. The van der Waals surface area contributed by atoms with Gasteiger partial charge in [-0.3, -0.25) is 0 Å². The fraction of sp³-hybridized carbons (Fsp3) is 0.571. The second-order valence-corrected chi connectivity index (χ2v) is 7.55. The molecule has 0 spiro atoms. The summed E-state index contributed by atoms with van der Waals surface area (Å²) in [4.78, 5) is 0.000321. The van der Waals surface area contributed by atoms with Gasteiger partial charge in [0.2, 0.25) is 10.0 Å². The van der Waals surface area contributed by atoms with Crippen LogP contribution in [-0.4, -0.2) is 27.2 Å². The van der Waals surface area contributed by atoms with E-state index >= 15 is 0 Å². The Bertz CT molecular complexity index is 635. The quantitative estimate of drug-likeness (QED) is 0.827. The van der Waals surface area contributed by atoms with E-state index in [4.69, 9.17) is 10.5 Å². The number of ether oxygens (including phenoxy) is 1. The molecular weight excluding hydrogens is 295 g/mol. The van der Waals surface area contributed by atoms with Gasteiger partial charge in [0.05, 0.1) is 22.7 Å². The minimum absolute atomic E-state index is 0.000321. The molecule has 2 fully saturated rings. The molecule has 1 heterocycles. The Morgan fingerprint density at radius 3 is 2.67 bits per heavy atom. The molecule has 1 aromatic rings. The molecule has 5 nitrogen and oxygen atoms in total. The fourth-order valence-corrected chi connectivity index (χ4v) is 4.21. The standard InChI is InChI=1S/C14H19FN2O3S/c1-8-6-10(7-11(16)13(8)15)21(18,19)17-12-4-5-20-14(12)9-2-3-9/h6-7,9,12,14,17H,2-5,16H2,1H3. The molecule has 3 rings (SSSR count). The molecule has 1 aliphatic heterocycles. The van der Waals surface area contributed by atoms with Crippen molar-refractivity contribution in [1.82, 2.24) is 4.72 Å². The minimum Gasteiger partial charge on any atom is -0.396 e. The lowest BCUT2D eigenvalue weighted by Crippen LogP contribution is -2.41. The van der Waals surface area contributed by atoms with Crippen LogP contribution in [0.25, 0.3) is 0 Å². The first-order valence-electron chi connectivity index (χ1n) is 7.08. The smallest absolute Gasteiger partial charge is 0.240 e. The van der Waals surface area contributed by atoms with Gasteiger partial charge in [-0.1, -0.05) is 0 Å². The normalized spacial score (nSPS) is 26.2. The number of nitrogens with two attached hydrogens (primary N) is 1. The van der Waals surface area contributed by atoms with Crippen molar-refractivity contribution in [3.8, 4) is 0 Å². The number of sulfonamides is 1. The molecule has 3 N–H and O–H groups in total. The number of aryl methyl sites for hydroxylation is 1. The number of rotatable bonds is 4. The lowest BCUT2D eigenvalue weighted by molar-refractivity contribution is 0.0848. The molecule has 2 aliphatic rings. The fourth-order valence-electron chi connectivity index (χ4n) is 2.81. The van der Waals surface area contributed by atoms with Crippen molar-refractivity contribution in [1.29, 1.82) is 0 Å². The van der Waals surface area contributed by atoms with Crippen molar-refractivity contribution in [3.63, 3.8) is 0 Å². The number of nitrogen functional groups attached to an aromatic ring is 1. The van der Waals surface area contributed by atoms with Gasteiger partial charge in [-0.2, -0.15) is 0 Å². The summed E-state index contributed by atoms with van der Waals surface area (Å²) in [6, 6.07) is 2.25. The van der Waals surface area contributed by atoms with E-state index in [1.165, 1.54) is 13.0 Å². The maximum absolute atomic E-state index is 13.5. The van der Waals surface area contributed by atoms with Crippen molar-refractivity contribution in [2.75, 3.05) is 12.3 Å². The summed E-state index contributed by atoms with van der Waals surface area (Å²) in [5.74, 6) is -0.116. The summed E-state index contributed by atoms with van der Waals surface area (Å²) in [6.07, 6.45) is 2.80. The van der Waals surface area contributed by atoms with Gasteiger partial charge in [-0.15, -0.1) is 0 Å². The predicted molar refractivity (Wildman–Crippen MR) is 76.7 cm³/mol. The van der Waals surface area contributed by atoms with Crippen molar-refractivity contribution in [2.45, 2.75) is 43.2 Å². The van der Waals surface area contributed by atoms with Crippen LogP contribution in [0.2, 0.25) is 0 Å². The number of hydrogen-bond acceptors (Lipinski definition) is 4. The Morgan fingerprint density at radius 1 is 1.33 bits per heavy atom. The molecule has 1 saturated carbocycles. The molecule has 0 radical (unpaired) electrons. The van der Waals surface area contributed by atoms with E-state index in [-0.39, 0.29) is 28.3 Å². The van der Waals surface area contributed by atoms with Gasteiger partial charge in [-0.25, -0.2) is 17.5 Å². The van der Waals surface area contributed by atoms with Crippen molar-refractivity contribution in [3.05, 3.63) is 23.5 Å². The number of benzene rings is 1. The van der Waals surface area contributed by atoms with Crippen LogP contribution in [-0.2, 0) is 14.8 Å². The predicted octanol–water partition coefficient (Wildman–Crippen LogP) is 1.56. The molecular formula is C14H19FN2O3S. The average molecular weight is 314 g/mol. The van der Waals surface area contributed by atoms with Crippen LogP contribution in [0.3, 0.4) is 0 Å². The third-order valence-corrected chi connectivity index (χ3v) is 5.56. The number of nitrogens with one attached hydrogen (secondary N) is 1. The summed E-state index contributed by atoms with van der Waals surface area (Å²) in [5, 5.41) is 0. The zero-order chi connectivity index (χ0) is 15.2. The topological polar surface area (TPSA) is 81.4 Å².